The first-order valence-corrected chi connectivity index (χ1v) is 12.0. The van der Waals surface area contributed by atoms with Crippen molar-refractivity contribution >= 4 is 11.5 Å². The molecule has 0 spiro atoms. The van der Waals surface area contributed by atoms with E-state index in [1.807, 2.05) is 37.3 Å². The molecule has 4 aromatic rings. The maximum Gasteiger partial charge on any atom is 0.350 e. The molecule has 37 heavy (non-hydrogen) atoms. The van der Waals surface area contributed by atoms with Crippen LogP contribution in [0.25, 0.3) is 5.95 Å². The highest BCUT2D eigenvalue weighted by Crippen LogP contribution is 2.30. The molecule has 3 heterocycles. The van der Waals surface area contributed by atoms with Crippen molar-refractivity contribution < 1.29 is 9.47 Å². The smallest absolute Gasteiger partial charge is 0.350 e. The summed E-state index contributed by atoms with van der Waals surface area (Å²) in [5, 5.41) is 15.6. The molecule has 190 valence electrons. The van der Waals surface area contributed by atoms with Gasteiger partial charge in [-0.05, 0) is 60.5 Å². The molecule has 0 radical (unpaired) electrons. The SMILES string of the molecule is Cc1cc(OC2CCOCC2)cc([C@H](Nc2ccc(C(=N)N)cc2)c2nn(-c3ncccn3)c(=O)[nH]2)c1. The van der Waals surface area contributed by atoms with E-state index in [-0.39, 0.29) is 17.9 Å². The quantitative estimate of drug-likeness (QED) is 0.212. The number of amidine groups is 1. The lowest BCUT2D eigenvalue weighted by Gasteiger charge is -2.25. The molecule has 1 atom stereocenters. The second kappa shape index (κ2) is 10.6. The van der Waals surface area contributed by atoms with Gasteiger partial charge in [0.2, 0.25) is 0 Å². The maximum atomic E-state index is 12.8. The molecule has 11 nitrogen and oxygen atoms in total. The van der Waals surface area contributed by atoms with E-state index < -0.39 is 11.7 Å². The van der Waals surface area contributed by atoms with Crippen molar-refractivity contribution in [1.82, 2.24) is 24.7 Å². The van der Waals surface area contributed by atoms with Gasteiger partial charge in [-0.3, -0.25) is 10.4 Å². The monoisotopic (exact) mass is 500 g/mol. The Labute approximate surface area is 213 Å². The van der Waals surface area contributed by atoms with Gasteiger partial charge in [-0.25, -0.2) is 14.8 Å². The number of hydrogen-bond donors (Lipinski definition) is 4. The van der Waals surface area contributed by atoms with E-state index in [4.69, 9.17) is 20.6 Å². The van der Waals surface area contributed by atoms with Gasteiger partial charge in [0.1, 0.15) is 23.7 Å². The van der Waals surface area contributed by atoms with E-state index in [0.717, 1.165) is 40.1 Å². The molecule has 1 saturated heterocycles. The van der Waals surface area contributed by atoms with Crippen LogP contribution in [0.1, 0.15) is 41.4 Å². The summed E-state index contributed by atoms with van der Waals surface area (Å²) in [6.45, 7) is 3.37. The van der Waals surface area contributed by atoms with Crippen molar-refractivity contribution in [2.45, 2.75) is 31.9 Å². The Morgan fingerprint density at radius 2 is 1.92 bits per heavy atom. The third-order valence-electron chi connectivity index (χ3n) is 6.03. The third kappa shape index (κ3) is 5.67. The largest absolute Gasteiger partial charge is 0.490 e. The highest BCUT2D eigenvalue weighted by Gasteiger charge is 2.23. The van der Waals surface area contributed by atoms with Crippen molar-refractivity contribution in [2.75, 3.05) is 18.5 Å². The fraction of sp³-hybridized carbons (Fsp3) is 0.269. The van der Waals surface area contributed by atoms with Gasteiger partial charge >= 0.3 is 5.69 Å². The first-order chi connectivity index (χ1) is 18.0. The lowest BCUT2D eigenvalue weighted by molar-refractivity contribution is 0.0255. The molecule has 0 saturated carbocycles. The molecule has 1 aliphatic rings. The van der Waals surface area contributed by atoms with Gasteiger partial charge in [0.25, 0.3) is 5.95 Å². The second-order valence-corrected chi connectivity index (χ2v) is 8.85. The molecule has 5 N–H and O–H groups in total. The third-order valence-corrected chi connectivity index (χ3v) is 6.03. The van der Waals surface area contributed by atoms with Crippen LogP contribution in [0.3, 0.4) is 0 Å². The van der Waals surface area contributed by atoms with E-state index in [2.05, 4.69) is 25.4 Å². The molecule has 0 aliphatic carbocycles. The molecule has 1 aliphatic heterocycles. The lowest BCUT2D eigenvalue weighted by atomic mass is 10.0. The highest BCUT2D eigenvalue weighted by atomic mass is 16.5. The minimum atomic E-state index is -0.530. The molecule has 2 aromatic heterocycles. The van der Waals surface area contributed by atoms with Crippen LogP contribution in [0, 0.1) is 12.3 Å². The Kier molecular flexibility index (Phi) is 6.95. The Hall–Kier alpha value is -4.51. The standard InChI is InChI=1S/C26H28N8O3/c1-16-13-18(15-21(14-16)37-20-7-11-36-12-8-20)22(31-19-5-3-17(4-6-19)23(27)28)24-32-26(35)34(33-24)25-29-9-2-10-30-25/h2-6,9-10,13-15,20,22,31H,7-8,11-12H2,1H3,(H3,27,28)(H,32,33,35)/t22-/m0/s1. The molecule has 0 unspecified atom stereocenters. The average molecular weight is 501 g/mol. The Bertz CT molecular complexity index is 1430. The van der Waals surface area contributed by atoms with Gasteiger partial charge < -0.3 is 20.5 Å². The summed E-state index contributed by atoms with van der Waals surface area (Å²) in [4.78, 5) is 24.0. The van der Waals surface area contributed by atoms with E-state index in [9.17, 15) is 4.79 Å². The molecule has 11 heteroatoms. The van der Waals surface area contributed by atoms with Crippen molar-refractivity contribution in [2.24, 2.45) is 5.73 Å². The summed E-state index contributed by atoms with van der Waals surface area (Å²) in [5.41, 5.74) is 8.39. The van der Waals surface area contributed by atoms with Crippen LogP contribution in [0.2, 0.25) is 0 Å². The molecule has 2 aromatic carbocycles. The maximum absolute atomic E-state index is 12.8. The number of aryl methyl sites for hydroxylation is 1. The zero-order chi connectivity index (χ0) is 25.8. The number of anilines is 1. The number of nitrogens with zero attached hydrogens (tertiary/aromatic N) is 4. The summed E-state index contributed by atoms with van der Waals surface area (Å²) in [6, 6.07) is 14.3. The number of aromatic amines is 1. The van der Waals surface area contributed by atoms with Crippen molar-refractivity contribution in [1.29, 1.82) is 5.41 Å². The molecular formula is C26H28N8O3. The average Bonchev–Trinajstić information content (AvgIpc) is 3.29. The summed E-state index contributed by atoms with van der Waals surface area (Å²) in [5.74, 6) is 1.29. The normalized spacial score (nSPS) is 14.7. The molecule has 0 amide bonds. The second-order valence-electron chi connectivity index (χ2n) is 8.85. The fourth-order valence-electron chi connectivity index (χ4n) is 4.23. The zero-order valence-corrected chi connectivity index (χ0v) is 20.3. The lowest BCUT2D eigenvalue weighted by Crippen LogP contribution is -2.26. The predicted octanol–water partition coefficient (Wildman–Crippen LogP) is 2.70. The molecule has 0 bridgehead atoms. The van der Waals surface area contributed by atoms with Crippen LogP contribution in [0.5, 0.6) is 5.75 Å². The molecule has 5 rings (SSSR count). The first-order valence-electron chi connectivity index (χ1n) is 12.0. The number of nitrogens with one attached hydrogen (secondary N) is 3. The Morgan fingerprint density at radius 1 is 1.19 bits per heavy atom. The van der Waals surface area contributed by atoms with Crippen LogP contribution < -0.4 is 21.5 Å². The van der Waals surface area contributed by atoms with E-state index in [0.29, 0.717) is 24.6 Å². The Morgan fingerprint density at radius 3 is 2.62 bits per heavy atom. The summed E-state index contributed by atoms with van der Waals surface area (Å²) < 4.78 is 12.9. The van der Waals surface area contributed by atoms with Crippen molar-refractivity contribution in [3.05, 3.63) is 93.9 Å². The van der Waals surface area contributed by atoms with Crippen molar-refractivity contribution in [3.63, 3.8) is 0 Å². The van der Waals surface area contributed by atoms with Crippen molar-refractivity contribution in [3.8, 4) is 11.7 Å². The zero-order valence-electron chi connectivity index (χ0n) is 20.3. The van der Waals surface area contributed by atoms with E-state index in [1.54, 1.807) is 30.6 Å². The minimum absolute atomic E-state index is 0.0115. The summed E-state index contributed by atoms with van der Waals surface area (Å²) in [6.07, 6.45) is 4.86. The number of nitrogen functional groups attached to an aromatic ring is 1. The van der Waals surface area contributed by atoms with Gasteiger partial charge in [0, 0.05) is 36.5 Å². The minimum Gasteiger partial charge on any atom is -0.490 e. The number of rotatable bonds is 8. The first kappa shape index (κ1) is 24.2. The van der Waals surface area contributed by atoms with Gasteiger partial charge in [0.15, 0.2) is 5.82 Å². The summed E-state index contributed by atoms with van der Waals surface area (Å²) >= 11 is 0. The van der Waals surface area contributed by atoms with Gasteiger partial charge in [0.05, 0.1) is 13.2 Å². The summed E-state index contributed by atoms with van der Waals surface area (Å²) in [7, 11) is 0. The van der Waals surface area contributed by atoms with E-state index in [1.165, 1.54) is 0 Å². The number of aromatic nitrogens is 5. The Balaban J connectivity index is 1.53. The number of hydrogen-bond acceptors (Lipinski definition) is 8. The number of benzene rings is 2. The number of H-pyrrole nitrogens is 1. The number of ether oxygens (including phenoxy) is 2. The van der Waals surface area contributed by atoms with Gasteiger partial charge in [-0.15, -0.1) is 9.78 Å². The van der Waals surface area contributed by atoms with Crippen LogP contribution in [-0.4, -0.2) is 49.9 Å². The number of nitrogens with two attached hydrogens (primary N) is 1. The topological polar surface area (TPSA) is 157 Å². The van der Waals surface area contributed by atoms with Gasteiger partial charge in [-0.2, -0.15) is 0 Å². The van der Waals surface area contributed by atoms with Crippen LogP contribution in [0.15, 0.2) is 65.7 Å². The molecular weight excluding hydrogens is 472 g/mol. The van der Waals surface area contributed by atoms with Crippen LogP contribution in [0.4, 0.5) is 5.69 Å². The molecule has 1 fully saturated rings. The van der Waals surface area contributed by atoms with Crippen LogP contribution in [-0.2, 0) is 4.74 Å². The highest BCUT2D eigenvalue weighted by molar-refractivity contribution is 5.95. The predicted molar refractivity (Wildman–Crippen MR) is 138 cm³/mol. The van der Waals surface area contributed by atoms with Gasteiger partial charge in [-0.1, -0.05) is 6.07 Å². The van der Waals surface area contributed by atoms with Crippen LogP contribution >= 0.6 is 0 Å². The fourth-order valence-corrected chi connectivity index (χ4v) is 4.23. The van der Waals surface area contributed by atoms with E-state index >= 15 is 0 Å².